The van der Waals surface area contributed by atoms with Gasteiger partial charge in [-0.15, -0.1) is 11.3 Å². The van der Waals surface area contributed by atoms with Gasteiger partial charge in [-0.25, -0.2) is 14.6 Å². The van der Waals surface area contributed by atoms with Crippen LogP contribution >= 0.6 is 11.3 Å². The maximum absolute atomic E-state index is 12.2. The van der Waals surface area contributed by atoms with Crippen LogP contribution in [0.25, 0.3) is 0 Å². The number of aromatic nitrogens is 1. The van der Waals surface area contributed by atoms with Crippen LogP contribution in [0.2, 0.25) is 0 Å². The second-order valence-corrected chi connectivity index (χ2v) is 5.50. The van der Waals surface area contributed by atoms with Crippen LogP contribution in [0.15, 0.2) is 11.6 Å². The Kier molecular flexibility index (Phi) is 4.04. The van der Waals surface area contributed by atoms with Gasteiger partial charge in [-0.1, -0.05) is 13.3 Å². The zero-order valence-electron chi connectivity index (χ0n) is 10.8. The van der Waals surface area contributed by atoms with Gasteiger partial charge in [0.1, 0.15) is 5.54 Å². The fraction of sp³-hybridized carbons (Fsp3) is 0.583. The van der Waals surface area contributed by atoms with Gasteiger partial charge in [-0.05, 0) is 19.3 Å². The summed E-state index contributed by atoms with van der Waals surface area (Å²) in [4.78, 5) is 29.2. The van der Waals surface area contributed by atoms with Crippen LogP contribution in [-0.4, -0.2) is 39.1 Å². The van der Waals surface area contributed by atoms with Crippen molar-refractivity contribution in [2.75, 3.05) is 11.9 Å². The Hall–Kier alpha value is -1.63. The summed E-state index contributed by atoms with van der Waals surface area (Å²) in [6, 6.07) is -0.372. The van der Waals surface area contributed by atoms with Crippen molar-refractivity contribution in [3.63, 3.8) is 0 Å². The Morgan fingerprint density at radius 3 is 3.00 bits per heavy atom. The lowest BCUT2D eigenvalue weighted by Crippen LogP contribution is -2.54. The van der Waals surface area contributed by atoms with Crippen molar-refractivity contribution in [2.24, 2.45) is 0 Å². The molecule has 1 fully saturated rings. The van der Waals surface area contributed by atoms with Crippen LogP contribution in [0.3, 0.4) is 0 Å². The van der Waals surface area contributed by atoms with Gasteiger partial charge < -0.3 is 10.0 Å². The average molecular weight is 283 g/mol. The van der Waals surface area contributed by atoms with Gasteiger partial charge in [-0.2, -0.15) is 0 Å². The molecule has 2 rings (SSSR count). The lowest BCUT2D eigenvalue weighted by atomic mass is 9.91. The van der Waals surface area contributed by atoms with Crippen molar-refractivity contribution in [1.29, 1.82) is 0 Å². The Morgan fingerprint density at radius 1 is 1.63 bits per heavy atom. The smallest absolute Gasteiger partial charge is 0.329 e. The maximum atomic E-state index is 12.2. The number of carboxylic acids is 1. The van der Waals surface area contributed by atoms with E-state index in [1.807, 2.05) is 6.92 Å². The standard InChI is InChI=1S/C12H17N3O3S/c1-2-4-12(9(16)17)5-3-7-15(12)11(18)14-10-13-6-8-19-10/h6,8H,2-5,7H2,1H3,(H,16,17)(H,13,14,18). The van der Waals surface area contributed by atoms with Gasteiger partial charge in [0.05, 0.1) is 0 Å². The molecule has 1 atom stereocenters. The molecule has 2 heterocycles. The number of hydrogen-bond acceptors (Lipinski definition) is 4. The molecule has 1 aromatic heterocycles. The molecule has 2 N–H and O–H groups in total. The molecule has 1 saturated heterocycles. The fourth-order valence-corrected chi connectivity index (χ4v) is 3.14. The summed E-state index contributed by atoms with van der Waals surface area (Å²) in [5, 5.41) is 14.4. The number of carbonyl (C=O) groups is 2. The Labute approximate surface area is 115 Å². The molecule has 1 unspecified atom stereocenters. The first-order valence-corrected chi connectivity index (χ1v) is 7.19. The van der Waals surface area contributed by atoms with Crippen molar-refractivity contribution in [2.45, 2.75) is 38.1 Å². The second kappa shape index (κ2) is 5.56. The SMILES string of the molecule is CCCC1(C(=O)O)CCCN1C(=O)Nc1nccs1. The van der Waals surface area contributed by atoms with E-state index in [9.17, 15) is 14.7 Å². The number of thiazole rings is 1. The Morgan fingerprint density at radius 2 is 2.42 bits per heavy atom. The highest BCUT2D eigenvalue weighted by atomic mass is 32.1. The molecule has 0 aromatic carbocycles. The molecule has 7 heteroatoms. The van der Waals surface area contributed by atoms with Gasteiger partial charge in [0, 0.05) is 18.1 Å². The summed E-state index contributed by atoms with van der Waals surface area (Å²) in [6.07, 6.45) is 4.04. The molecule has 0 saturated carbocycles. The number of likely N-dealkylation sites (tertiary alicyclic amines) is 1. The number of hydrogen-bond donors (Lipinski definition) is 2. The predicted molar refractivity (Wildman–Crippen MR) is 72.3 cm³/mol. The van der Waals surface area contributed by atoms with Crippen LogP contribution < -0.4 is 5.32 Å². The zero-order valence-corrected chi connectivity index (χ0v) is 11.6. The molecule has 1 aliphatic heterocycles. The molecule has 19 heavy (non-hydrogen) atoms. The maximum Gasteiger partial charge on any atom is 0.329 e. The van der Waals surface area contributed by atoms with E-state index in [0.29, 0.717) is 24.5 Å². The Bertz CT molecular complexity index is 463. The highest BCUT2D eigenvalue weighted by molar-refractivity contribution is 7.13. The monoisotopic (exact) mass is 283 g/mol. The van der Waals surface area contributed by atoms with E-state index in [4.69, 9.17) is 0 Å². The number of anilines is 1. The molecule has 0 aliphatic carbocycles. The number of rotatable bonds is 4. The van der Waals surface area contributed by atoms with Crippen LogP contribution in [0.1, 0.15) is 32.6 Å². The quantitative estimate of drug-likeness (QED) is 0.888. The second-order valence-electron chi connectivity index (χ2n) is 4.61. The number of amides is 2. The minimum absolute atomic E-state index is 0.372. The lowest BCUT2D eigenvalue weighted by molar-refractivity contribution is -0.148. The number of aliphatic carboxylic acids is 1. The van der Waals surface area contributed by atoms with Crippen molar-refractivity contribution in [1.82, 2.24) is 9.88 Å². The first-order chi connectivity index (χ1) is 9.10. The summed E-state index contributed by atoms with van der Waals surface area (Å²) >= 11 is 1.31. The molecule has 2 amide bonds. The third-order valence-electron chi connectivity index (χ3n) is 3.44. The van der Waals surface area contributed by atoms with E-state index in [-0.39, 0.29) is 6.03 Å². The largest absolute Gasteiger partial charge is 0.479 e. The number of carbonyl (C=O) groups excluding carboxylic acids is 1. The van der Waals surface area contributed by atoms with Crippen LogP contribution in [0, 0.1) is 0 Å². The van der Waals surface area contributed by atoms with E-state index in [2.05, 4.69) is 10.3 Å². The van der Waals surface area contributed by atoms with Gasteiger partial charge in [0.15, 0.2) is 5.13 Å². The molecule has 0 spiro atoms. The van der Waals surface area contributed by atoms with Crippen molar-refractivity contribution < 1.29 is 14.7 Å². The zero-order chi connectivity index (χ0) is 13.9. The lowest BCUT2D eigenvalue weighted by Gasteiger charge is -2.34. The van der Waals surface area contributed by atoms with Gasteiger partial charge >= 0.3 is 12.0 Å². The van der Waals surface area contributed by atoms with Crippen LogP contribution in [0.5, 0.6) is 0 Å². The van der Waals surface area contributed by atoms with E-state index in [0.717, 1.165) is 12.8 Å². The first-order valence-electron chi connectivity index (χ1n) is 6.31. The van der Waals surface area contributed by atoms with Crippen LogP contribution in [-0.2, 0) is 4.79 Å². The third kappa shape index (κ3) is 2.56. The van der Waals surface area contributed by atoms with Crippen molar-refractivity contribution in [3.05, 3.63) is 11.6 Å². The highest BCUT2D eigenvalue weighted by Crippen LogP contribution is 2.34. The van der Waals surface area contributed by atoms with E-state index in [1.54, 1.807) is 11.6 Å². The minimum Gasteiger partial charge on any atom is -0.479 e. The molecule has 0 bridgehead atoms. The average Bonchev–Trinajstić information content (AvgIpc) is 2.99. The van der Waals surface area contributed by atoms with Crippen molar-refractivity contribution in [3.8, 4) is 0 Å². The number of urea groups is 1. The first kappa shape index (κ1) is 13.8. The van der Waals surface area contributed by atoms with Crippen molar-refractivity contribution >= 4 is 28.5 Å². The molecule has 0 radical (unpaired) electrons. The Balaban J connectivity index is 2.17. The summed E-state index contributed by atoms with van der Waals surface area (Å²) in [5.41, 5.74) is -1.06. The summed E-state index contributed by atoms with van der Waals surface area (Å²) in [7, 11) is 0. The highest BCUT2D eigenvalue weighted by Gasteiger charge is 2.49. The van der Waals surface area contributed by atoms with E-state index in [1.165, 1.54) is 16.2 Å². The van der Waals surface area contributed by atoms with Gasteiger partial charge in [0.2, 0.25) is 0 Å². The topological polar surface area (TPSA) is 82.5 Å². The molecule has 6 nitrogen and oxygen atoms in total. The molecule has 1 aromatic rings. The summed E-state index contributed by atoms with van der Waals surface area (Å²) in [5.74, 6) is -0.916. The normalized spacial score (nSPS) is 22.5. The van der Waals surface area contributed by atoms with Gasteiger partial charge in [-0.3, -0.25) is 5.32 Å². The van der Waals surface area contributed by atoms with Gasteiger partial charge in [0.25, 0.3) is 0 Å². The third-order valence-corrected chi connectivity index (χ3v) is 4.13. The summed E-state index contributed by atoms with van der Waals surface area (Å²) < 4.78 is 0. The van der Waals surface area contributed by atoms with E-state index < -0.39 is 11.5 Å². The van der Waals surface area contributed by atoms with E-state index >= 15 is 0 Å². The number of nitrogens with one attached hydrogen (secondary N) is 1. The fourth-order valence-electron chi connectivity index (χ4n) is 2.62. The minimum atomic E-state index is -1.06. The molecular weight excluding hydrogens is 266 g/mol. The molecular formula is C12H17N3O3S. The number of nitrogens with zero attached hydrogens (tertiary/aromatic N) is 2. The molecule has 104 valence electrons. The number of carboxylic acid groups (broad SMARTS) is 1. The molecule has 1 aliphatic rings. The van der Waals surface area contributed by atoms with Crippen LogP contribution in [0.4, 0.5) is 9.93 Å². The predicted octanol–water partition coefficient (Wildman–Crippen LogP) is 2.39. The summed E-state index contributed by atoms with van der Waals surface area (Å²) in [6.45, 7) is 2.41.